The van der Waals surface area contributed by atoms with Crippen LogP contribution in [0.5, 0.6) is 0 Å². The second-order valence-corrected chi connectivity index (χ2v) is 3.67. The topological polar surface area (TPSA) is 47.0 Å². The van der Waals surface area contributed by atoms with E-state index in [1.165, 1.54) is 0 Å². The highest BCUT2D eigenvalue weighted by Gasteiger charge is 2.46. The smallest absolute Gasteiger partial charge is 0.148 e. The van der Waals surface area contributed by atoms with E-state index in [9.17, 15) is 0 Å². The van der Waals surface area contributed by atoms with E-state index in [0.29, 0.717) is 6.10 Å². The monoisotopic (exact) mass is 193 g/mol. The molecular weight excluding hydrogens is 178 g/mol. The Morgan fingerprint density at radius 3 is 2.57 bits per heavy atom. The summed E-state index contributed by atoms with van der Waals surface area (Å²) in [6.45, 7) is 0. The summed E-state index contributed by atoms with van der Waals surface area (Å²) in [6.07, 6.45) is 5.79. The molecule has 1 N–H and O–H groups in total. The van der Waals surface area contributed by atoms with Crippen LogP contribution >= 0.6 is 0 Å². The highest BCUT2D eigenvalue weighted by Crippen LogP contribution is 2.40. The zero-order valence-electron chi connectivity index (χ0n) is 8.53. The van der Waals surface area contributed by atoms with Crippen molar-refractivity contribution in [2.45, 2.75) is 24.5 Å². The van der Waals surface area contributed by atoms with Crippen LogP contribution in [-0.4, -0.2) is 30.2 Å². The fourth-order valence-electron chi connectivity index (χ4n) is 1.93. The Kier molecular flexibility index (Phi) is 2.48. The summed E-state index contributed by atoms with van der Waals surface area (Å²) in [5.41, 5.74) is -0.0675. The molecular formula is C10H15N3O. The summed E-state index contributed by atoms with van der Waals surface area (Å²) >= 11 is 0. The minimum atomic E-state index is -0.0675. The van der Waals surface area contributed by atoms with E-state index < -0.39 is 0 Å². The third kappa shape index (κ3) is 1.40. The minimum Gasteiger partial charge on any atom is -0.381 e. The maximum absolute atomic E-state index is 5.27. The van der Waals surface area contributed by atoms with Crippen molar-refractivity contribution in [3.05, 3.63) is 24.3 Å². The lowest BCUT2D eigenvalue weighted by Gasteiger charge is -2.45. The fraction of sp³-hybridized carbons (Fsp3) is 0.600. The molecule has 1 saturated carbocycles. The van der Waals surface area contributed by atoms with Gasteiger partial charge in [-0.15, -0.1) is 0 Å². The molecule has 2 rings (SSSR count). The van der Waals surface area contributed by atoms with Crippen LogP contribution in [-0.2, 0) is 10.3 Å². The molecule has 0 unspecified atom stereocenters. The number of hydrogen-bond donors (Lipinski definition) is 1. The number of nitrogens with zero attached hydrogens (tertiary/aromatic N) is 2. The molecule has 1 fully saturated rings. The van der Waals surface area contributed by atoms with Crippen LogP contribution in [0.3, 0.4) is 0 Å². The molecule has 0 spiro atoms. The van der Waals surface area contributed by atoms with Gasteiger partial charge >= 0.3 is 0 Å². The quantitative estimate of drug-likeness (QED) is 0.767. The summed E-state index contributed by atoms with van der Waals surface area (Å²) in [5.74, 6) is 0.871. The second kappa shape index (κ2) is 3.63. The molecule has 1 heterocycles. The van der Waals surface area contributed by atoms with Gasteiger partial charge in [0.25, 0.3) is 0 Å². The Morgan fingerprint density at radius 1 is 1.43 bits per heavy atom. The summed E-state index contributed by atoms with van der Waals surface area (Å²) in [4.78, 5) is 8.57. The Labute approximate surface area is 83.7 Å². The molecule has 1 aliphatic carbocycles. The molecule has 0 saturated heterocycles. The molecule has 14 heavy (non-hydrogen) atoms. The van der Waals surface area contributed by atoms with Crippen molar-refractivity contribution in [2.75, 3.05) is 14.2 Å². The Morgan fingerprint density at radius 2 is 2.07 bits per heavy atom. The van der Waals surface area contributed by atoms with Gasteiger partial charge in [-0.1, -0.05) is 0 Å². The first-order valence-corrected chi connectivity index (χ1v) is 4.80. The van der Waals surface area contributed by atoms with Gasteiger partial charge in [0.1, 0.15) is 5.82 Å². The van der Waals surface area contributed by atoms with E-state index in [0.717, 1.165) is 18.7 Å². The van der Waals surface area contributed by atoms with Gasteiger partial charge < -0.3 is 10.1 Å². The first-order valence-electron chi connectivity index (χ1n) is 4.80. The van der Waals surface area contributed by atoms with Gasteiger partial charge in [0.15, 0.2) is 0 Å². The zero-order valence-corrected chi connectivity index (χ0v) is 8.53. The molecule has 1 aromatic heterocycles. The lowest BCUT2D eigenvalue weighted by molar-refractivity contribution is -0.0336. The number of hydrogen-bond acceptors (Lipinski definition) is 4. The third-order valence-corrected chi connectivity index (χ3v) is 2.96. The van der Waals surface area contributed by atoms with Crippen molar-refractivity contribution in [1.29, 1.82) is 0 Å². The summed E-state index contributed by atoms with van der Waals surface area (Å²) in [5, 5.41) is 3.29. The van der Waals surface area contributed by atoms with Crippen LogP contribution in [0.25, 0.3) is 0 Å². The standard InChI is InChI=1S/C10H15N3O/c1-11-10(6-8(7-10)14-2)9-12-4-3-5-13-9/h3-5,8,11H,6-7H2,1-2H3. The predicted octanol–water partition coefficient (Wildman–Crippen LogP) is 0.700. The molecule has 0 radical (unpaired) electrons. The number of aromatic nitrogens is 2. The van der Waals surface area contributed by atoms with Gasteiger partial charge in [0, 0.05) is 19.5 Å². The maximum Gasteiger partial charge on any atom is 0.148 e. The van der Waals surface area contributed by atoms with Crippen LogP contribution in [0.1, 0.15) is 18.7 Å². The average Bonchev–Trinajstić information content (AvgIpc) is 2.19. The Hall–Kier alpha value is -1.00. The summed E-state index contributed by atoms with van der Waals surface area (Å²) in [6, 6.07) is 1.83. The van der Waals surface area contributed by atoms with Crippen LogP contribution in [0, 0.1) is 0 Å². The van der Waals surface area contributed by atoms with E-state index in [-0.39, 0.29) is 5.54 Å². The minimum absolute atomic E-state index is 0.0675. The van der Waals surface area contributed by atoms with Gasteiger partial charge in [-0.2, -0.15) is 0 Å². The van der Waals surface area contributed by atoms with Crippen LogP contribution in [0.2, 0.25) is 0 Å². The molecule has 0 bridgehead atoms. The molecule has 1 aromatic rings. The van der Waals surface area contributed by atoms with Gasteiger partial charge in [-0.3, -0.25) is 0 Å². The van der Waals surface area contributed by atoms with Gasteiger partial charge in [-0.25, -0.2) is 9.97 Å². The van der Waals surface area contributed by atoms with E-state index in [1.807, 2.05) is 13.1 Å². The van der Waals surface area contributed by atoms with Gasteiger partial charge in [0.2, 0.25) is 0 Å². The highest BCUT2D eigenvalue weighted by molar-refractivity contribution is 5.13. The molecule has 0 aliphatic heterocycles. The van der Waals surface area contributed by atoms with Crippen molar-refractivity contribution in [3.63, 3.8) is 0 Å². The second-order valence-electron chi connectivity index (χ2n) is 3.67. The first kappa shape index (κ1) is 9.55. The molecule has 0 aromatic carbocycles. The predicted molar refractivity (Wildman–Crippen MR) is 52.8 cm³/mol. The van der Waals surface area contributed by atoms with E-state index in [1.54, 1.807) is 19.5 Å². The highest BCUT2D eigenvalue weighted by atomic mass is 16.5. The Bertz CT molecular complexity index is 295. The summed E-state index contributed by atoms with van der Waals surface area (Å²) in [7, 11) is 3.69. The lowest BCUT2D eigenvalue weighted by atomic mass is 9.73. The maximum atomic E-state index is 5.27. The third-order valence-electron chi connectivity index (χ3n) is 2.96. The fourth-order valence-corrected chi connectivity index (χ4v) is 1.93. The number of rotatable bonds is 3. The normalized spacial score (nSPS) is 31.1. The lowest BCUT2D eigenvalue weighted by Crippen LogP contribution is -2.55. The first-order chi connectivity index (χ1) is 6.80. The van der Waals surface area contributed by atoms with Crippen molar-refractivity contribution < 1.29 is 4.74 Å². The van der Waals surface area contributed by atoms with Crippen molar-refractivity contribution >= 4 is 0 Å². The van der Waals surface area contributed by atoms with E-state index >= 15 is 0 Å². The van der Waals surface area contributed by atoms with E-state index in [4.69, 9.17) is 4.74 Å². The van der Waals surface area contributed by atoms with Crippen LogP contribution in [0.4, 0.5) is 0 Å². The van der Waals surface area contributed by atoms with Crippen molar-refractivity contribution in [3.8, 4) is 0 Å². The van der Waals surface area contributed by atoms with Gasteiger partial charge in [-0.05, 0) is 26.0 Å². The van der Waals surface area contributed by atoms with Crippen molar-refractivity contribution in [2.24, 2.45) is 0 Å². The molecule has 0 atom stereocenters. The number of nitrogens with one attached hydrogen (secondary N) is 1. The average molecular weight is 193 g/mol. The van der Waals surface area contributed by atoms with Crippen LogP contribution < -0.4 is 5.32 Å². The number of ether oxygens (including phenoxy) is 1. The Balaban J connectivity index is 2.16. The SMILES string of the molecule is CNC1(c2ncccn2)CC(OC)C1. The largest absolute Gasteiger partial charge is 0.381 e. The summed E-state index contributed by atoms with van der Waals surface area (Å²) < 4.78 is 5.27. The number of methoxy groups -OCH3 is 1. The molecule has 76 valence electrons. The molecule has 1 aliphatic rings. The van der Waals surface area contributed by atoms with Gasteiger partial charge in [0.05, 0.1) is 11.6 Å². The molecule has 4 heteroatoms. The van der Waals surface area contributed by atoms with Crippen LogP contribution in [0.15, 0.2) is 18.5 Å². The molecule has 4 nitrogen and oxygen atoms in total. The van der Waals surface area contributed by atoms with E-state index in [2.05, 4.69) is 15.3 Å². The van der Waals surface area contributed by atoms with Crippen molar-refractivity contribution in [1.82, 2.24) is 15.3 Å². The zero-order chi connectivity index (χ0) is 10.0. The molecule has 0 amide bonds.